The van der Waals surface area contributed by atoms with Crippen molar-refractivity contribution >= 4 is 15.7 Å². The lowest BCUT2D eigenvalue weighted by atomic mass is 9.98. The standard InChI is InChI=1S/C24H24N2O3S/c1-17-8-12-19(13-9-17)22-16-23(21-6-4-5-7-24(21)29-3)26(25-22)30(27,28)20-14-10-18(2)11-15-20/h4-15,23H,16H2,1-3H3/t23-/m0/s1. The fraction of sp³-hybridized carbons (Fsp3) is 0.208. The average Bonchev–Trinajstić information content (AvgIpc) is 3.21. The molecule has 3 aromatic carbocycles. The minimum atomic E-state index is -3.84. The fourth-order valence-electron chi connectivity index (χ4n) is 3.62. The summed E-state index contributed by atoms with van der Waals surface area (Å²) in [4.78, 5) is 0.224. The molecule has 1 atom stereocenters. The van der Waals surface area contributed by atoms with Crippen LogP contribution in [0.1, 0.15) is 34.7 Å². The summed E-state index contributed by atoms with van der Waals surface area (Å²) in [6.07, 6.45) is 0.467. The number of ether oxygens (including phenoxy) is 1. The first-order valence-electron chi connectivity index (χ1n) is 9.78. The van der Waals surface area contributed by atoms with Crippen molar-refractivity contribution in [2.75, 3.05) is 7.11 Å². The summed E-state index contributed by atoms with van der Waals surface area (Å²) in [7, 11) is -2.24. The average molecular weight is 421 g/mol. The topological polar surface area (TPSA) is 59.0 Å². The molecule has 4 rings (SSSR count). The Bertz CT molecular complexity index is 1180. The Hall–Kier alpha value is -3.12. The van der Waals surface area contributed by atoms with Crippen molar-refractivity contribution in [1.29, 1.82) is 0 Å². The third-order valence-corrected chi connectivity index (χ3v) is 7.02. The third kappa shape index (κ3) is 3.71. The minimum absolute atomic E-state index is 0.224. The summed E-state index contributed by atoms with van der Waals surface area (Å²) in [6.45, 7) is 3.95. The highest BCUT2D eigenvalue weighted by molar-refractivity contribution is 7.89. The maximum atomic E-state index is 13.5. The van der Waals surface area contributed by atoms with E-state index in [1.807, 2.05) is 62.4 Å². The third-order valence-electron chi connectivity index (χ3n) is 5.32. The van der Waals surface area contributed by atoms with Gasteiger partial charge in [-0.05, 0) is 37.6 Å². The van der Waals surface area contributed by atoms with E-state index in [4.69, 9.17) is 4.74 Å². The Morgan fingerprint density at radius 1 is 0.900 bits per heavy atom. The zero-order valence-electron chi connectivity index (χ0n) is 17.2. The molecule has 30 heavy (non-hydrogen) atoms. The second kappa shape index (κ2) is 7.95. The van der Waals surface area contributed by atoms with Crippen molar-refractivity contribution in [2.24, 2.45) is 5.10 Å². The van der Waals surface area contributed by atoms with Gasteiger partial charge >= 0.3 is 0 Å². The number of hydrogen-bond acceptors (Lipinski definition) is 4. The maximum Gasteiger partial charge on any atom is 0.279 e. The molecule has 154 valence electrons. The van der Waals surface area contributed by atoms with E-state index in [-0.39, 0.29) is 4.90 Å². The van der Waals surface area contributed by atoms with Crippen LogP contribution in [0.2, 0.25) is 0 Å². The molecular formula is C24H24N2O3S. The van der Waals surface area contributed by atoms with Crippen molar-refractivity contribution in [3.63, 3.8) is 0 Å². The highest BCUT2D eigenvalue weighted by atomic mass is 32.2. The molecule has 0 fully saturated rings. The van der Waals surface area contributed by atoms with Crippen LogP contribution in [0.5, 0.6) is 5.75 Å². The molecule has 3 aromatic rings. The van der Waals surface area contributed by atoms with E-state index in [9.17, 15) is 8.42 Å². The minimum Gasteiger partial charge on any atom is -0.496 e. The number of aryl methyl sites for hydroxylation is 2. The Morgan fingerprint density at radius 3 is 2.13 bits per heavy atom. The Morgan fingerprint density at radius 2 is 1.50 bits per heavy atom. The van der Waals surface area contributed by atoms with Gasteiger partial charge in [0.2, 0.25) is 0 Å². The second-order valence-corrected chi connectivity index (χ2v) is 9.26. The quantitative estimate of drug-likeness (QED) is 0.593. The molecule has 6 heteroatoms. The molecule has 0 bridgehead atoms. The van der Waals surface area contributed by atoms with E-state index in [2.05, 4.69) is 5.10 Å². The molecule has 0 saturated carbocycles. The molecule has 0 amide bonds. The SMILES string of the molecule is COc1ccccc1[C@@H]1CC(c2ccc(C)cc2)=NN1S(=O)(=O)c1ccc(C)cc1. The number of sulfonamides is 1. The molecule has 0 aliphatic carbocycles. The van der Waals surface area contributed by atoms with Gasteiger partial charge in [0.05, 0.1) is 23.8 Å². The highest BCUT2D eigenvalue weighted by Crippen LogP contribution is 2.40. The fourth-order valence-corrected chi connectivity index (χ4v) is 5.05. The summed E-state index contributed by atoms with van der Waals surface area (Å²) in [6, 6.07) is 21.8. The summed E-state index contributed by atoms with van der Waals surface area (Å²) in [5.74, 6) is 0.645. The van der Waals surface area contributed by atoms with E-state index in [0.29, 0.717) is 12.2 Å². The molecule has 0 saturated heterocycles. The second-order valence-electron chi connectivity index (χ2n) is 7.47. The number of methoxy groups -OCH3 is 1. The molecule has 0 N–H and O–H groups in total. The van der Waals surface area contributed by atoms with Crippen LogP contribution in [0.25, 0.3) is 0 Å². The normalized spacial score (nSPS) is 16.4. The summed E-state index contributed by atoms with van der Waals surface area (Å²) < 4.78 is 33.8. The molecular weight excluding hydrogens is 396 g/mol. The van der Waals surface area contributed by atoms with E-state index >= 15 is 0 Å². The predicted octanol–water partition coefficient (Wildman–Crippen LogP) is 4.85. The lowest BCUT2D eigenvalue weighted by molar-refractivity contribution is 0.350. The molecule has 0 spiro atoms. The van der Waals surface area contributed by atoms with E-state index in [1.165, 1.54) is 4.41 Å². The van der Waals surface area contributed by atoms with Crippen LogP contribution in [0.4, 0.5) is 0 Å². The largest absolute Gasteiger partial charge is 0.496 e. The van der Waals surface area contributed by atoms with Crippen molar-refractivity contribution in [3.8, 4) is 5.75 Å². The first-order valence-corrected chi connectivity index (χ1v) is 11.2. The summed E-state index contributed by atoms with van der Waals surface area (Å²) in [5, 5.41) is 4.60. The van der Waals surface area contributed by atoms with Crippen LogP contribution in [0.3, 0.4) is 0 Å². The molecule has 5 nitrogen and oxygen atoms in total. The van der Waals surface area contributed by atoms with Gasteiger partial charge in [0.15, 0.2) is 0 Å². The first-order chi connectivity index (χ1) is 14.4. The molecule has 0 unspecified atom stereocenters. The van der Waals surface area contributed by atoms with Crippen LogP contribution < -0.4 is 4.74 Å². The zero-order chi connectivity index (χ0) is 21.3. The van der Waals surface area contributed by atoms with Gasteiger partial charge in [-0.25, -0.2) is 0 Å². The van der Waals surface area contributed by atoms with Crippen molar-refractivity contribution in [3.05, 3.63) is 95.1 Å². The lowest BCUT2D eigenvalue weighted by Gasteiger charge is -2.24. The van der Waals surface area contributed by atoms with E-state index in [0.717, 1.165) is 28.0 Å². The van der Waals surface area contributed by atoms with Gasteiger partial charge in [0.25, 0.3) is 10.0 Å². The summed E-state index contributed by atoms with van der Waals surface area (Å²) >= 11 is 0. The number of benzene rings is 3. The van der Waals surface area contributed by atoms with Crippen LogP contribution in [-0.4, -0.2) is 25.7 Å². The van der Waals surface area contributed by atoms with Crippen LogP contribution in [-0.2, 0) is 10.0 Å². The molecule has 1 heterocycles. The van der Waals surface area contributed by atoms with Gasteiger partial charge in [-0.1, -0.05) is 65.7 Å². The number of nitrogens with zero attached hydrogens (tertiary/aromatic N) is 2. The van der Waals surface area contributed by atoms with Crippen LogP contribution >= 0.6 is 0 Å². The van der Waals surface area contributed by atoms with Crippen LogP contribution in [0, 0.1) is 13.8 Å². The van der Waals surface area contributed by atoms with Gasteiger partial charge in [0, 0.05) is 12.0 Å². The number of hydrazone groups is 1. The monoisotopic (exact) mass is 420 g/mol. The van der Waals surface area contributed by atoms with Gasteiger partial charge in [-0.15, -0.1) is 0 Å². The first kappa shape index (κ1) is 20.2. The van der Waals surface area contributed by atoms with Gasteiger partial charge in [-0.3, -0.25) is 0 Å². The predicted molar refractivity (Wildman–Crippen MR) is 118 cm³/mol. The smallest absolute Gasteiger partial charge is 0.279 e. The lowest BCUT2D eigenvalue weighted by Crippen LogP contribution is -2.27. The number of para-hydroxylation sites is 1. The zero-order valence-corrected chi connectivity index (χ0v) is 18.1. The van der Waals surface area contributed by atoms with E-state index < -0.39 is 16.1 Å². The van der Waals surface area contributed by atoms with E-state index in [1.54, 1.807) is 31.4 Å². The highest BCUT2D eigenvalue weighted by Gasteiger charge is 2.38. The molecule has 1 aliphatic rings. The molecule has 0 aromatic heterocycles. The molecule has 1 aliphatic heterocycles. The Balaban J connectivity index is 1.83. The van der Waals surface area contributed by atoms with Crippen molar-refractivity contribution < 1.29 is 13.2 Å². The number of rotatable bonds is 5. The summed E-state index contributed by atoms with van der Waals surface area (Å²) in [5.41, 5.74) is 4.59. The number of hydrogen-bond donors (Lipinski definition) is 0. The van der Waals surface area contributed by atoms with Crippen molar-refractivity contribution in [1.82, 2.24) is 4.41 Å². The van der Waals surface area contributed by atoms with Crippen molar-refractivity contribution in [2.45, 2.75) is 31.2 Å². The van der Waals surface area contributed by atoms with Gasteiger partial charge < -0.3 is 4.74 Å². The molecule has 0 radical (unpaired) electrons. The van der Waals surface area contributed by atoms with Crippen LogP contribution in [0.15, 0.2) is 82.8 Å². The van der Waals surface area contributed by atoms with Gasteiger partial charge in [-0.2, -0.15) is 17.9 Å². The maximum absolute atomic E-state index is 13.5. The Kier molecular flexibility index (Phi) is 5.35. The Labute approximate surface area is 177 Å². The van der Waals surface area contributed by atoms with Gasteiger partial charge in [0.1, 0.15) is 5.75 Å².